The molecule has 0 aromatic heterocycles. The molecule has 2 unspecified atom stereocenters. The molecule has 3 rings (SSSR count). The molecule has 2 heterocycles. The van der Waals surface area contributed by atoms with E-state index in [9.17, 15) is 9.59 Å². The molecule has 0 spiro atoms. The molecule has 0 saturated carbocycles. The summed E-state index contributed by atoms with van der Waals surface area (Å²) in [6.07, 6.45) is 12.0. The van der Waals surface area contributed by atoms with Crippen molar-refractivity contribution < 1.29 is 26.0 Å². The Balaban J connectivity index is 2.26. The SMILES string of the molecule is CCCCc1c(CCCC)c(CCCC)c2c(c1CCCC)C(=O)N([Si]1(C)O[SiH2]O[SiH](C)O[Si](C)(C)O1)C2=O. The lowest BCUT2D eigenvalue weighted by Crippen LogP contribution is -2.66. The summed E-state index contributed by atoms with van der Waals surface area (Å²) in [6.45, 7) is 16.6. The number of fused-ring (bicyclic) bond motifs is 1. The number of rotatable bonds is 13. The van der Waals surface area contributed by atoms with E-state index in [0.717, 1.165) is 88.2 Å². The fourth-order valence-corrected chi connectivity index (χ4v) is 19.5. The van der Waals surface area contributed by atoms with Crippen molar-refractivity contribution in [1.82, 2.24) is 4.57 Å². The van der Waals surface area contributed by atoms with Crippen LogP contribution in [0.3, 0.4) is 0 Å². The van der Waals surface area contributed by atoms with Gasteiger partial charge in [-0.05, 0) is 99.8 Å². The van der Waals surface area contributed by atoms with Crippen LogP contribution in [0, 0.1) is 0 Å². The molecular weight excluding hydrogens is 559 g/mol. The van der Waals surface area contributed by atoms with Gasteiger partial charge in [-0.3, -0.25) is 14.2 Å². The number of carbonyl (C=O) groups excluding carboxylic acids is 2. The van der Waals surface area contributed by atoms with E-state index in [1.165, 1.54) is 15.7 Å². The number of hydrogen-bond donors (Lipinski definition) is 0. The number of unbranched alkanes of at least 4 members (excludes halogenated alkanes) is 4. The summed E-state index contributed by atoms with van der Waals surface area (Å²) < 4.78 is 26.6. The summed E-state index contributed by atoms with van der Waals surface area (Å²) in [5.74, 6) is -0.449. The number of benzene rings is 1. The molecule has 2 atom stereocenters. The van der Waals surface area contributed by atoms with Crippen molar-refractivity contribution in [2.45, 2.75) is 131 Å². The Kier molecular flexibility index (Phi) is 11.9. The van der Waals surface area contributed by atoms with Crippen molar-refractivity contribution in [1.29, 1.82) is 0 Å². The first-order chi connectivity index (χ1) is 18.5. The van der Waals surface area contributed by atoms with Gasteiger partial charge in [0, 0.05) is 0 Å². The van der Waals surface area contributed by atoms with Gasteiger partial charge in [-0.2, -0.15) is 0 Å². The molecule has 0 radical (unpaired) electrons. The minimum Gasteiger partial charge on any atom is -0.423 e. The monoisotopic (exact) mass is 609 g/mol. The van der Waals surface area contributed by atoms with Crippen LogP contribution in [0.25, 0.3) is 0 Å². The molecule has 2 aliphatic rings. The van der Waals surface area contributed by atoms with Crippen LogP contribution in [0.4, 0.5) is 0 Å². The second kappa shape index (κ2) is 14.3. The highest BCUT2D eigenvalue weighted by Crippen LogP contribution is 2.41. The lowest BCUT2D eigenvalue weighted by molar-refractivity contribution is 0.0696. The van der Waals surface area contributed by atoms with Gasteiger partial charge in [-0.1, -0.05) is 53.4 Å². The predicted molar refractivity (Wildman–Crippen MR) is 166 cm³/mol. The van der Waals surface area contributed by atoms with Crippen LogP contribution in [0.5, 0.6) is 0 Å². The Bertz CT molecular complexity index is 977. The highest BCUT2D eigenvalue weighted by Gasteiger charge is 2.57. The first kappa shape index (κ1) is 32.6. The van der Waals surface area contributed by atoms with Crippen LogP contribution < -0.4 is 0 Å². The maximum atomic E-state index is 14.5. The zero-order chi connectivity index (χ0) is 28.8. The van der Waals surface area contributed by atoms with E-state index in [0.29, 0.717) is 11.1 Å². The van der Waals surface area contributed by atoms with Crippen molar-refractivity contribution >= 4 is 48.4 Å². The van der Waals surface area contributed by atoms with E-state index in [4.69, 9.17) is 16.5 Å². The number of hydrogen-bond acceptors (Lipinski definition) is 6. The molecule has 7 nitrogen and oxygen atoms in total. The smallest absolute Gasteiger partial charge is 0.423 e. The van der Waals surface area contributed by atoms with Crippen molar-refractivity contribution in [2.75, 3.05) is 0 Å². The van der Waals surface area contributed by atoms with Crippen molar-refractivity contribution in [3.8, 4) is 0 Å². The van der Waals surface area contributed by atoms with Gasteiger partial charge in [-0.15, -0.1) is 0 Å². The molecule has 39 heavy (non-hydrogen) atoms. The van der Waals surface area contributed by atoms with Crippen LogP contribution in [-0.2, 0) is 42.1 Å². The maximum Gasteiger partial charge on any atom is 0.447 e. The third-order valence-corrected chi connectivity index (χ3v) is 21.2. The van der Waals surface area contributed by atoms with E-state index < -0.39 is 36.6 Å². The largest absolute Gasteiger partial charge is 0.447 e. The molecule has 220 valence electrons. The average molecular weight is 610 g/mol. The van der Waals surface area contributed by atoms with Crippen LogP contribution in [0.15, 0.2) is 0 Å². The fourth-order valence-electron chi connectivity index (χ4n) is 5.99. The molecule has 1 aromatic rings. The number of amides is 2. The highest BCUT2D eigenvalue weighted by atomic mass is 28.5. The molecule has 1 fully saturated rings. The van der Waals surface area contributed by atoms with Crippen molar-refractivity contribution in [3.05, 3.63) is 33.4 Å². The normalized spacial score (nSPS) is 23.8. The molecule has 1 saturated heterocycles. The van der Waals surface area contributed by atoms with Crippen molar-refractivity contribution in [2.24, 2.45) is 0 Å². The van der Waals surface area contributed by atoms with E-state index in [-0.39, 0.29) is 11.8 Å². The van der Waals surface area contributed by atoms with Gasteiger partial charge >= 0.3 is 17.3 Å². The summed E-state index contributed by atoms with van der Waals surface area (Å²) >= 11 is 0. The Morgan fingerprint density at radius 3 is 1.54 bits per heavy atom. The summed E-state index contributed by atoms with van der Waals surface area (Å²) in [4.78, 5) is 29.0. The van der Waals surface area contributed by atoms with Gasteiger partial charge in [0.05, 0.1) is 11.1 Å². The maximum absolute atomic E-state index is 14.5. The van der Waals surface area contributed by atoms with Gasteiger partial charge in [0.15, 0.2) is 0 Å². The Hall–Kier alpha value is -0.932. The molecule has 0 N–H and O–H groups in total. The van der Waals surface area contributed by atoms with Gasteiger partial charge in [0.25, 0.3) is 31.1 Å². The second-order valence-electron chi connectivity index (χ2n) is 11.5. The second-order valence-corrected chi connectivity index (χ2v) is 22.2. The van der Waals surface area contributed by atoms with Crippen LogP contribution >= 0.6 is 0 Å². The highest BCUT2D eigenvalue weighted by molar-refractivity contribution is 6.86. The van der Waals surface area contributed by atoms with Gasteiger partial charge in [0.2, 0.25) is 0 Å². The lowest BCUT2D eigenvalue weighted by atomic mass is 9.80. The minimum atomic E-state index is -3.44. The topological polar surface area (TPSA) is 74.3 Å². The Labute approximate surface area is 242 Å². The van der Waals surface area contributed by atoms with Crippen LogP contribution in [-0.4, -0.2) is 53.0 Å². The molecule has 0 bridgehead atoms. The summed E-state index contributed by atoms with van der Waals surface area (Å²) in [5, 5.41) is 0. The molecule has 2 amide bonds. The van der Waals surface area contributed by atoms with E-state index in [2.05, 4.69) is 27.7 Å². The lowest BCUT2D eigenvalue weighted by Gasteiger charge is -2.41. The van der Waals surface area contributed by atoms with Crippen LogP contribution in [0.2, 0.25) is 26.2 Å². The summed E-state index contributed by atoms with van der Waals surface area (Å²) in [7, 11) is -9.41. The zero-order valence-electron chi connectivity index (χ0n) is 25.7. The van der Waals surface area contributed by atoms with E-state index >= 15 is 0 Å². The zero-order valence-corrected chi connectivity index (χ0v) is 30.2. The predicted octanol–water partition coefficient (Wildman–Crippen LogP) is 5.85. The number of nitrogens with zero attached hydrogens (tertiary/aromatic N) is 1. The molecule has 0 aliphatic carbocycles. The fraction of sp³-hybridized carbons (Fsp3) is 0.714. The third kappa shape index (κ3) is 7.29. The molecule has 1 aromatic carbocycles. The molecular formula is C28H51NO6Si4. The first-order valence-corrected chi connectivity index (χ1v) is 23.6. The average Bonchev–Trinajstić information content (AvgIpc) is 3.13. The van der Waals surface area contributed by atoms with Crippen LogP contribution in [0.1, 0.15) is 122 Å². The van der Waals surface area contributed by atoms with E-state index in [1.54, 1.807) is 0 Å². The minimum absolute atomic E-state index is 0.225. The number of imide groups is 1. The summed E-state index contributed by atoms with van der Waals surface area (Å²) in [5.41, 5.74) is 6.18. The van der Waals surface area contributed by atoms with E-state index in [1.807, 2.05) is 26.2 Å². The Morgan fingerprint density at radius 2 is 1.13 bits per heavy atom. The van der Waals surface area contributed by atoms with Crippen molar-refractivity contribution in [3.63, 3.8) is 0 Å². The standard InChI is InChI=1S/C28H51NO6Si4/c1-9-13-17-21-22(18-14-10-2)24(20-16-12-4)26-25(23(21)19-15-11-3)27(30)29(28(26)31)39(8)33-36-32-37(5)34-38(6,7)35-39/h37H,9-20,36H2,1-8H3. The van der Waals surface area contributed by atoms with Gasteiger partial charge in [-0.25, -0.2) is 0 Å². The molecule has 2 aliphatic heterocycles. The quantitative estimate of drug-likeness (QED) is 0.206. The van der Waals surface area contributed by atoms with Gasteiger partial charge in [0.1, 0.15) is 0 Å². The summed E-state index contributed by atoms with van der Waals surface area (Å²) in [6, 6.07) is 0. The Morgan fingerprint density at radius 1 is 0.718 bits per heavy atom. The molecule has 11 heteroatoms. The third-order valence-electron chi connectivity index (χ3n) is 7.82. The first-order valence-electron chi connectivity index (χ1n) is 15.3. The number of carbonyl (C=O) groups is 2. The van der Waals surface area contributed by atoms with Gasteiger partial charge < -0.3 is 16.5 Å².